The van der Waals surface area contributed by atoms with Gasteiger partial charge >= 0.3 is 0 Å². The van der Waals surface area contributed by atoms with E-state index in [1.165, 1.54) is 13.2 Å². The van der Waals surface area contributed by atoms with Crippen LogP contribution in [-0.2, 0) is 6.42 Å². The lowest BCUT2D eigenvalue weighted by Gasteiger charge is -2.09. The zero-order valence-corrected chi connectivity index (χ0v) is 8.55. The van der Waals surface area contributed by atoms with Gasteiger partial charge in [-0.25, -0.2) is 13.8 Å². The molecule has 0 saturated heterocycles. The number of aromatic nitrogens is 1. The van der Waals surface area contributed by atoms with Gasteiger partial charge in [-0.1, -0.05) is 11.6 Å². The van der Waals surface area contributed by atoms with E-state index in [-0.39, 0.29) is 23.0 Å². The predicted octanol–water partition coefficient (Wildman–Crippen LogP) is 2.75. The maximum absolute atomic E-state index is 12.6. The topological polar surface area (TPSA) is 45.9 Å². The molecule has 3 nitrogen and oxygen atoms in total. The zero-order chi connectivity index (χ0) is 11.4. The number of nitrogens with zero attached hydrogens (tertiary/aromatic N) is 2. The minimum atomic E-state index is -2.75. The van der Waals surface area contributed by atoms with E-state index in [9.17, 15) is 8.78 Å². The number of pyridine rings is 1. The van der Waals surface area contributed by atoms with Gasteiger partial charge in [0.25, 0.3) is 6.43 Å². The summed E-state index contributed by atoms with van der Waals surface area (Å²) in [5.41, 5.74) is -0.448. The van der Waals surface area contributed by atoms with Crippen LogP contribution in [0.4, 0.5) is 8.78 Å². The molecular formula is C9H7ClF2N2O. The summed E-state index contributed by atoms with van der Waals surface area (Å²) < 4.78 is 29.9. The van der Waals surface area contributed by atoms with Crippen molar-refractivity contribution >= 4 is 11.6 Å². The van der Waals surface area contributed by atoms with Crippen LogP contribution in [-0.4, -0.2) is 12.1 Å². The molecule has 15 heavy (non-hydrogen) atoms. The smallest absolute Gasteiger partial charge is 0.267 e. The van der Waals surface area contributed by atoms with Crippen LogP contribution in [0.15, 0.2) is 6.07 Å². The fourth-order valence-corrected chi connectivity index (χ4v) is 1.38. The van der Waals surface area contributed by atoms with Gasteiger partial charge in [0.05, 0.1) is 35.9 Å². The van der Waals surface area contributed by atoms with Crippen molar-refractivity contribution in [1.82, 2.24) is 4.98 Å². The van der Waals surface area contributed by atoms with Crippen LogP contribution in [0, 0.1) is 11.3 Å². The molecule has 0 saturated carbocycles. The maximum Gasteiger partial charge on any atom is 0.267 e. The largest absolute Gasteiger partial charge is 0.481 e. The predicted molar refractivity (Wildman–Crippen MR) is 50.1 cm³/mol. The fraction of sp³-hybridized carbons (Fsp3) is 0.333. The van der Waals surface area contributed by atoms with Gasteiger partial charge in [-0.2, -0.15) is 5.26 Å². The molecule has 0 aliphatic rings. The average molecular weight is 233 g/mol. The lowest BCUT2D eigenvalue weighted by molar-refractivity contribution is 0.150. The first-order valence-electron chi connectivity index (χ1n) is 3.98. The van der Waals surface area contributed by atoms with E-state index in [1.54, 1.807) is 6.07 Å². The van der Waals surface area contributed by atoms with Gasteiger partial charge in [-0.05, 0) is 0 Å². The molecule has 80 valence electrons. The van der Waals surface area contributed by atoms with E-state index in [4.69, 9.17) is 21.6 Å². The Labute approximate surface area is 90.3 Å². The van der Waals surface area contributed by atoms with Crippen LogP contribution in [0.1, 0.15) is 17.7 Å². The summed E-state index contributed by atoms with van der Waals surface area (Å²) in [6.45, 7) is 0. The molecule has 0 aromatic carbocycles. The van der Waals surface area contributed by atoms with Crippen LogP contribution in [0.5, 0.6) is 5.88 Å². The highest BCUT2D eigenvalue weighted by Crippen LogP contribution is 2.32. The van der Waals surface area contributed by atoms with Crippen LogP contribution in [0.2, 0.25) is 5.02 Å². The summed E-state index contributed by atoms with van der Waals surface area (Å²) in [6.07, 6.45) is -2.98. The Kier molecular flexibility index (Phi) is 3.81. The van der Waals surface area contributed by atoms with E-state index in [2.05, 4.69) is 4.98 Å². The van der Waals surface area contributed by atoms with Gasteiger partial charge in [0, 0.05) is 6.07 Å². The minimum absolute atomic E-state index is 0.0446. The fourth-order valence-electron chi connectivity index (χ4n) is 1.09. The molecule has 1 aromatic heterocycles. The van der Waals surface area contributed by atoms with Gasteiger partial charge in [0.15, 0.2) is 0 Å². The Bertz CT molecular complexity index is 404. The highest BCUT2D eigenvalue weighted by Gasteiger charge is 2.19. The number of halogens is 3. The molecule has 0 amide bonds. The Morgan fingerprint density at radius 1 is 1.67 bits per heavy atom. The second kappa shape index (κ2) is 4.89. The molecule has 6 heteroatoms. The third-order valence-electron chi connectivity index (χ3n) is 1.74. The van der Waals surface area contributed by atoms with Gasteiger partial charge < -0.3 is 4.74 Å². The summed E-state index contributed by atoms with van der Waals surface area (Å²) in [7, 11) is 1.34. The van der Waals surface area contributed by atoms with E-state index in [0.29, 0.717) is 0 Å². The maximum atomic E-state index is 12.6. The van der Waals surface area contributed by atoms with Crippen LogP contribution in [0.25, 0.3) is 0 Å². The lowest BCUT2D eigenvalue weighted by atomic mass is 10.1. The molecule has 0 unspecified atom stereocenters. The van der Waals surface area contributed by atoms with Crippen molar-refractivity contribution in [3.63, 3.8) is 0 Å². The molecule has 0 fully saturated rings. The average Bonchev–Trinajstić information content (AvgIpc) is 2.16. The highest BCUT2D eigenvalue weighted by molar-refractivity contribution is 6.31. The third-order valence-corrected chi connectivity index (χ3v) is 2.05. The first kappa shape index (κ1) is 11.7. The Morgan fingerprint density at radius 2 is 2.33 bits per heavy atom. The van der Waals surface area contributed by atoms with Crippen molar-refractivity contribution in [2.75, 3.05) is 7.11 Å². The van der Waals surface area contributed by atoms with Crippen LogP contribution < -0.4 is 4.74 Å². The summed E-state index contributed by atoms with van der Waals surface area (Å²) in [6, 6.07) is 2.95. The van der Waals surface area contributed by atoms with Crippen molar-refractivity contribution in [1.29, 1.82) is 5.26 Å². The third kappa shape index (κ3) is 2.54. The second-order valence-electron chi connectivity index (χ2n) is 2.64. The van der Waals surface area contributed by atoms with Gasteiger partial charge in [0.2, 0.25) is 5.88 Å². The van der Waals surface area contributed by atoms with Crippen molar-refractivity contribution in [3.8, 4) is 11.9 Å². The zero-order valence-electron chi connectivity index (χ0n) is 7.80. The molecule has 0 bridgehead atoms. The molecule has 1 aromatic rings. The Hall–Kier alpha value is -1.41. The van der Waals surface area contributed by atoms with Crippen molar-refractivity contribution < 1.29 is 13.5 Å². The number of nitriles is 1. The Morgan fingerprint density at radius 3 is 2.80 bits per heavy atom. The van der Waals surface area contributed by atoms with Gasteiger partial charge in [-0.3, -0.25) is 0 Å². The highest BCUT2D eigenvalue weighted by atomic mass is 35.5. The molecule has 0 atom stereocenters. The van der Waals surface area contributed by atoms with Crippen molar-refractivity contribution in [3.05, 3.63) is 22.3 Å². The van der Waals surface area contributed by atoms with Crippen molar-refractivity contribution in [2.45, 2.75) is 12.8 Å². The molecule has 1 rings (SSSR count). The minimum Gasteiger partial charge on any atom is -0.481 e. The first-order chi connectivity index (χ1) is 7.10. The Balaban J connectivity index is 3.30. The first-order valence-corrected chi connectivity index (χ1v) is 4.36. The summed E-state index contributed by atoms with van der Waals surface area (Å²) in [4.78, 5) is 3.75. The molecule has 1 heterocycles. The number of hydrogen-bond acceptors (Lipinski definition) is 3. The normalized spacial score (nSPS) is 10.1. The van der Waals surface area contributed by atoms with Crippen molar-refractivity contribution in [2.24, 2.45) is 0 Å². The summed E-state index contributed by atoms with van der Waals surface area (Å²) in [5, 5.41) is 8.32. The quantitative estimate of drug-likeness (QED) is 0.805. The number of ether oxygens (including phenoxy) is 1. The monoisotopic (exact) mass is 232 g/mol. The summed E-state index contributed by atoms with van der Waals surface area (Å²) in [5.74, 6) is 0.120. The van der Waals surface area contributed by atoms with E-state index in [0.717, 1.165) is 0 Å². The van der Waals surface area contributed by atoms with Crippen LogP contribution in [0.3, 0.4) is 0 Å². The number of rotatable bonds is 3. The van der Waals surface area contributed by atoms with E-state index < -0.39 is 12.0 Å². The number of methoxy groups -OCH3 is 1. The number of alkyl halides is 2. The van der Waals surface area contributed by atoms with Gasteiger partial charge in [-0.15, -0.1) is 0 Å². The van der Waals surface area contributed by atoms with E-state index in [1.807, 2.05) is 0 Å². The molecule has 0 aliphatic heterocycles. The molecule has 0 aliphatic carbocycles. The molecule has 0 radical (unpaired) electrons. The lowest BCUT2D eigenvalue weighted by Crippen LogP contribution is -2.01. The SMILES string of the molecule is COc1cc(Cl)c(C(F)F)c(CC#N)n1. The number of hydrogen-bond donors (Lipinski definition) is 0. The molecular weight excluding hydrogens is 226 g/mol. The van der Waals surface area contributed by atoms with Gasteiger partial charge in [0.1, 0.15) is 0 Å². The molecule has 0 spiro atoms. The van der Waals surface area contributed by atoms with E-state index >= 15 is 0 Å². The molecule has 0 N–H and O–H groups in total. The standard InChI is InChI=1S/C9H7ClF2N2O/c1-15-7-4-5(10)8(9(11)12)6(14-7)2-3-13/h4,9H,2H2,1H3. The van der Waals surface area contributed by atoms with Crippen LogP contribution >= 0.6 is 11.6 Å². The second-order valence-corrected chi connectivity index (χ2v) is 3.05. The summed E-state index contributed by atoms with van der Waals surface area (Å²) >= 11 is 5.63.